The van der Waals surface area contributed by atoms with Crippen molar-refractivity contribution in [3.63, 3.8) is 0 Å². The number of para-hydroxylation sites is 1. The number of nitro benzene ring substituents is 1. The SMILES string of the molecule is COc1ccc(C(=O)Nc2nc(-c3cc4ccccc4o3)cs2)cc1[N+](=O)[O-]. The van der Waals surface area contributed by atoms with E-state index in [1.54, 1.807) is 5.38 Å². The van der Waals surface area contributed by atoms with E-state index < -0.39 is 10.8 Å². The molecular weight excluding hydrogens is 382 g/mol. The Morgan fingerprint density at radius 1 is 1.25 bits per heavy atom. The summed E-state index contributed by atoms with van der Waals surface area (Å²) >= 11 is 1.23. The lowest BCUT2D eigenvalue weighted by atomic mass is 10.2. The Kier molecular flexibility index (Phi) is 4.50. The first-order valence-electron chi connectivity index (χ1n) is 8.13. The molecule has 0 fully saturated rings. The van der Waals surface area contributed by atoms with Crippen molar-refractivity contribution in [2.24, 2.45) is 0 Å². The molecule has 2 aromatic carbocycles. The van der Waals surface area contributed by atoms with Crippen LogP contribution >= 0.6 is 11.3 Å². The maximum Gasteiger partial charge on any atom is 0.311 e. The number of anilines is 1. The first-order valence-corrected chi connectivity index (χ1v) is 9.01. The lowest BCUT2D eigenvalue weighted by molar-refractivity contribution is -0.385. The number of nitro groups is 1. The van der Waals surface area contributed by atoms with E-state index in [9.17, 15) is 14.9 Å². The fraction of sp³-hybridized carbons (Fsp3) is 0.0526. The molecule has 0 bridgehead atoms. The zero-order valence-corrected chi connectivity index (χ0v) is 15.4. The van der Waals surface area contributed by atoms with Gasteiger partial charge in [-0.2, -0.15) is 0 Å². The molecule has 4 aromatic rings. The number of aromatic nitrogens is 1. The minimum absolute atomic E-state index is 0.0861. The minimum Gasteiger partial charge on any atom is -0.490 e. The Bertz CT molecular complexity index is 1160. The van der Waals surface area contributed by atoms with E-state index >= 15 is 0 Å². The molecule has 0 spiro atoms. The van der Waals surface area contributed by atoms with E-state index in [2.05, 4.69) is 10.3 Å². The highest BCUT2D eigenvalue weighted by Gasteiger charge is 2.19. The van der Waals surface area contributed by atoms with Crippen LogP contribution in [0.15, 0.2) is 58.3 Å². The zero-order valence-electron chi connectivity index (χ0n) is 14.5. The number of fused-ring (bicyclic) bond motifs is 1. The predicted molar refractivity (Wildman–Crippen MR) is 105 cm³/mol. The van der Waals surface area contributed by atoms with Gasteiger partial charge < -0.3 is 9.15 Å². The van der Waals surface area contributed by atoms with Crippen LogP contribution in [0.5, 0.6) is 5.75 Å². The Morgan fingerprint density at radius 3 is 2.82 bits per heavy atom. The van der Waals surface area contributed by atoms with Crippen molar-refractivity contribution in [1.82, 2.24) is 4.98 Å². The number of benzene rings is 2. The summed E-state index contributed by atoms with van der Waals surface area (Å²) in [5.41, 5.74) is 1.20. The van der Waals surface area contributed by atoms with Gasteiger partial charge in [-0.1, -0.05) is 18.2 Å². The van der Waals surface area contributed by atoms with Crippen molar-refractivity contribution in [3.8, 4) is 17.2 Å². The molecular formula is C19H13N3O5S. The van der Waals surface area contributed by atoms with E-state index in [0.29, 0.717) is 16.6 Å². The Labute approximate surface area is 162 Å². The van der Waals surface area contributed by atoms with Gasteiger partial charge in [0.25, 0.3) is 5.91 Å². The zero-order chi connectivity index (χ0) is 19.7. The summed E-state index contributed by atoms with van der Waals surface area (Å²) in [4.78, 5) is 27.3. The number of rotatable bonds is 5. The van der Waals surface area contributed by atoms with E-state index in [-0.39, 0.29) is 17.0 Å². The minimum atomic E-state index is -0.599. The predicted octanol–water partition coefficient (Wildman–Crippen LogP) is 4.73. The lowest BCUT2D eigenvalue weighted by Crippen LogP contribution is -2.12. The maximum atomic E-state index is 12.4. The number of nitrogens with zero attached hydrogens (tertiary/aromatic N) is 2. The number of ether oxygens (including phenoxy) is 1. The molecule has 0 radical (unpaired) electrons. The molecule has 1 amide bonds. The summed E-state index contributed by atoms with van der Waals surface area (Å²) < 4.78 is 10.7. The molecule has 9 heteroatoms. The molecule has 8 nitrogen and oxygen atoms in total. The number of thiazole rings is 1. The molecule has 4 rings (SSSR count). The first-order chi connectivity index (χ1) is 13.5. The third kappa shape index (κ3) is 3.30. The third-order valence-electron chi connectivity index (χ3n) is 4.04. The van der Waals surface area contributed by atoms with Gasteiger partial charge in [0, 0.05) is 22.4 Å². The second-order valence-electron chi connectivity index (χ2n) is 5.78. The van der Waals surface area contributed by atoms with Crippen LogP contribution in [0, 0.1) is 10.1 Å². The molecule has 0 atom stereocenters. The van der Waals surface area contributed by atoms with Gasteiger partial charge in [0.1, 0.15) is 11.3 Å². The second kappa shape index (κ2) is 7.12. The van der Waals surface area contributed by atoms with E-state index in [4.69, 9.17) is 9.15 Å². The van der Waals surface area contributed by atoms with Gasteiger partial charge in [0.05, 0.1) is 12.0 Å². The largest absolute Gasteiger partial charge is 0.490 e. The van der Waals surface area contributed by atoms with Crippen LogP contribution in [0.25, 0.3) is 22.4 Å². The molecule has 0 aliphatic carbocycles. The summed E-state index contributed by atoms with van der Waals surface area (Å²) in [5.74, 6) is 0.178. The fourth-order valence-corrected chi connectivity index (χ4v) is 3.39. The van der Waals surface area contributed by atoms with Crippen LogP contribution in [0.4, 0.5) is 10.8 Å². The Balaban J connectivity index is 1.56. The molecule has 0 aliphatic rings. The average molecular weight is 395 g/mol. The molecule has 0 unspecified atom stereocenters. The van der Waals surface area contributed by atoms with Crippen molar-refractivity contribution in [2.45, 2.75) is 0 Å². The molecule has 0 saturated carbocycles. The summed E-state index contributed by atoms with van der Waals surface area (Å²) in [6, 6.07) is 13.5. The second-order valence-corrected chi connectivity index (χ2v) is 6.64. The quantitative estimate of drug-likeness (QED) is 0.387. The highest BCUT2D eigenvalue weighted by Crippen LogP contribution is 2.31. The number of hydrogen-bond acceptors (Lipinski definition) is 7. The molecule has 140 valence electrons. The number of methoxy groups -OCH3 is 1. The van der Waals surface area contributed by atoms with Crippen LogP contribution in [0.1, 0.15) is 10.4 Å². The van der Waals surface area contributed by atoms with Gasteiger partial charge in [0.15, 0.2) is 16.6 Å². The fourth-order valence-electron chi connectivity index (χ4n) is 2.70. The Morgan fingerprint density at radius 2 is 2.07 bits per heavy atom. The number of amides is 1. The van der Waals surface area contributed by atoms with Crippen LogP contribution < -0.4 is 10.1 Å². The van der Waals surface area contributed by atoms with Gasteiger partial charge in [-0.15, -0.1) is 11.3 Å². The first kappa shape index (κ1) is 17.7. The summed E-state index contributed by atoms with van der Waals surface area (Å²) in [7, 11) is 1.33. The molecule has 0 saturated heterocycles. The van der Waals surface area contributed by atoms with Crippen LogP contribution in [-0.2, 0) is 0 Å². The van der Waals surface area contributed by atoms with E-state index in [0.717, 1.165) is 11.0 Å². The lowest BCUT2D eigenvalue weighted by Gasteiger charge is -2.04. The van der Waals surface area contributed by atoms with Gasteiger partial charge >= 0.3 is 5.69 Å². The highest BCUT2D eigenvalue weighted by molar-refractivity contribution is 7.14. The van der Waals surface area contributed by atoms with Gasteiger partial charge in [0.2, 0.25) is 0 Å². The molecule has 1 N–H and O–H groups in total. The number of nitrogens with one attached hydrogen (secondary N) is 1. The van der Waals surface area contributed by atoms with Crippen LogP contribution in [-0.4, -0.2) is 22.9 Å². The van der Waals surface area contributed by atoms with Gasteiger partial charge in [-0.25, -0.2) is 4.98 Å². The van der Waals surface area contributed by atoms with Crippen molar-refractivity contribution >= 4 is 39.0 Å². The third-order valence-corrected chi connectivity index (χ3v) is 4.80. The van der Waals surface area contributed by atoms with Crippen molar-refractivity contribution in [3.05, 3.63) is 69.6 Å². The molecule has 2 aromatic heterocycles. The summed E-state index contributed by atoms with van der Waals surface area (Å²) in [6.45, 7) is 0. The van der Waals surface area contributed by atoms with Gasteiger partial charge in [-0.3, -0.25) is 20.2 Å². The normalized spacial score (nSPS) is 10.8. The summed E-state index contributed by atoms with van der Waals surface area (Å²) in [5, 5.41) is 16.9. The van der Waals surface area contributed by atoms with Crippen molar-refractivity contribution in [1.29, 1.82) is 0 Å². The average Bonchev–Trinajstić information content (AvgIpc) is 3.33. The number of furan rings is 1. The smallest absolute Gasteiger partial charge is 0.311 e. The molecule has 2 heterocycles. The molecule has 0 aliphatic heterocycles. The highest BCUT2D eigenvalue weighted by atomic mass is 32.1. The Hall–Kier alpha value is -3.72. The molecule has 28 heavy (non-hydrogen) atoms. The standard InChI is InChI=1S/C19H13N3O5S/c1-26-16-7-6-12(8-14(16)22(24)25)18(23)21-19-20-13(10-28-19)17-9-11-4-2-3-5-15(11)27-17/h2-10H,1H3,(H,20,21,23). The topological polar surface area (TPSA) is 108 Å². The number of carbonyl (C=O) groups is 1. The van der Waals surface area contributed by atoms with Gasteiger partial charge in [-0.05, 0) is 24.3 Å². The van der Waals surface area contributed by atoms with E-state index in [1.807, 2.05) is 30.3 Å². The van der Waals surface area contributed by atoms with Crippen molar-refractivity contribution < 1.29 is 18.9 Å². The van der Waals surface area contributed by atoms with E-state index in [1.165, 1.54) is 36.6 Å². The van der Waals surface area contributed by atoms with Crippen molar-refractivity contribution in [2.75, 3.05) is 12.4 Å². The number of carbonyl (C=O) groups excluding carboxylic acids is 1. The monoisotopic (exact) mass is 395 g/mol. The number of hydrogen-bond donors (Lipinski definition) is 1. The van der Waals surface area contributed by atoms with Crippen LogP contribution in [0.3, 0.4) is 0 Å². The summed E-state index contributed by atoms with van der Waals surface area (Å²) in [6.07, 6.45) is 0. The van der Waals surface area contributed by atoms with Crippen LogP contribution in [0.2, 0.25) is 0 Å². The maximum absolute atomic E-state index is 12.4.